The lowest BCUT2D eigenvalue weighted by Gasteiger charge is -2.11. The van der Waals surface area contributed by atoms with E-state index >= 15 is 0 Å². The van der Waals surface area contributed by atoms with Crippen LogP contribution in [0.3, 0.4) is 0 Å². The quantitative estimate of drug-likeness (QED) is 0.854. The second-order valence-electron chi connectivity index (χ2n) is 4.00. The van der Waals surface area contributed by atoms with E-state index in [1.807, 2.05) is 0 Å². The van der Waals surface area contributed by atoms with Crippen molar-refractivity contribution in [3.63, 3.8) is 0 Å². The first-order valence-electron chi connectivity index (χ1n) is 5.72. The molecule has 4 nitrogen and oxygen atoms in total. The first kappa shape index (κ1) is 14.1. The van der Waals surface area contributed by atoms with Crippen LogP contribution in [-0.4, -0.2) is 13.0 Å². The summed E-state index contributed by atoms with van der Waals surface area (Å²) in [4.78, 5) is 12.1. The molecule has 0 saturated carbocycles. The number of ether oxygens (including phenoxy) is 1. The molecule has 0 saturated heterocycles. The van der Waals surface area contributed by atoms with Crippen molar-refractivity contribution < 1.29 is 13.9 Å². The van der Waals surface area contributed by atoms with Crippen LogP contribution in [0.25, 0.3) is 0 Å². The molecule has 0 heterocycles. The number of benzene rings is 2. The third kappa shape index (κ3) is 2.83. The molecular formula is C14H12ClFN2O2. The molecule has 0 spiro atoms. The van der Waals surface area contributed by atoms with Gasteiger partial charge in [0.25, 0.3) is 5.91 Å². The lowest BCUT2D eigenvalue weighted by molar-refractivity contribution is 0.102. The molecule has 0 radical (unpaired) electrons. The van der Waals surface area contributed by atoms with Gasteiger partial charge < -0.3 is 15.8 Å². The summed E-state index contributed by atoms with van der Waals surface area (Å²) in [5.41, 5.74) is 5.77. The SMILES string of the molecule is COc1ccc(Cl)cc1NC(=O)c1cccc(F)c1N. The van der Waals surface area contributed by atoms with Gasteiger partial charge in [-0.15, -0.1) is 0 Å². The Morgan fingerprint density at radius 2 is 2.10 bits per heavy atom. The van der Waals surface area contributed by atoms with Crippen LogP contribution < -0.4 is 15.8 Å². The highest BCUT2D eigenvalue weighted by molar-refractivity contribution is 6.31. The summed E-state index contributed by atoms with van der Waals surface area (Å²) < 4.78 is 18.4. The Kier molecular flexibility index (Phi) is 4.10. The zero-order valence-corrected chi connectivity index (χ0v) is 11.4. The van der Waals surface area contributed by atoms with Crippen LogP contribution in [0.2, 0.25) is 5.02 Å². The maximum absolute atomic E-state index is 13.3. The zero-order valence-electron chi connectivity index (χ0n) is 10.6. The molecule has 2 aromatic rings. The lowest BCUT2D eigenvalue weighted by Crippen LogP contribution is -2.15. The van der Waals surface area contributed by atoms with Gasteiger partial charge in [-0.2, -0.15) is 0 Å². The van der Waals surface area contributed by atoms with Gasteiger partial charge in [-0.1, -0.05) is 17.7 Å². The molecule has 0 fully saturated rings. The molecule has 0 bridgehead atoms. The van der Waals surface area contributed by atoms with Crippen molar-refractivity contribution in [2.75, 3.05) is 18.2 Å². The monoisotopic (exact) mass is 294 g/mol. The van der Waals surface area contributed by atoms with E-state index < -0.39 is 11.7 Å². The maximum Gasteiger partial charge on any atom is 0.257 e. The van der Waals surface area contributed by atoms with Gasteiger partial charge in [-0.3, -0.25) is 4.79 Å². The van der Waals surface area contributed by atoms with Crippen molar-refractivity contribution >= 4 is 28.9 Å². The van der Waals surface area contributed by atoms with Crippen LogP contribution in [0.4, 0.5) is 15.8 Å². The number of hydrogen-bond donors (Lipinski definition) is 2. The van der Waals surface area contributed by atoms with Crippen molar-refractivity contribution in [1.29, 1.82) is 0 Å². The fraction of sp³-hybridized carbons (Fsp3) is 0.0714. The van der Waals surface area contributed by atoms with E-state index in [4.69, 9.17) is 22.1 Å². The fourth-order valence-corrected chi connectivity index (χ4v) is 1.87. The molecule has 6 heteroatoms. The molecule has 0 aliphatic heterocycles. The summed E-state index contributed by atoms with van der Waals surface area (Å²) in [6.45, 7) is 0. The molecule has 0 aromatic heterocycles. The van der Waals surface area contributed by atoms with Crippen molar-refractivity contribution in [2.24, 2.45) is 0 Å². The number of methoxy groups -OCH3 is 1. The fourth-order valence-electron chi connectivity index (χ4n) is 1.70. The van der Waals surface area contributed by atoms with E-state index in [0.717, 1.165) is 0 Å². The summed E-state index contributed by atoms with van der Waals surface area (Å²) in [5, 5.41) is 3.03. The molecule has 104 valence electrons. The minimum Gasteiger partial charge on any atom is -0.495 e. The normalized spacial score (nSPS) is 10.2. The molecule has 20 heavy (non-hydrogen) atoms. The summed E-state index contributed by atoms with van der Waals surface area (Å²) in [6.07, 6.45) is 0. The van der Waals surface area contributed by atoms with Gasteiger partial charge in [0.05, 0.1) is 24.0 Å². The number of amides is 1. The molecule has 0 atom stereocenters. The zero-order chi connectivity index (χ0) is 14.7. The first-order chi connectivity index (χ1) is 9.52. The molecule has 0 aliphatic carbocycles. The van der Waals surface area contributed by atoms with Crippen LogP contribution in [0, 0.1) is 5.82 Å². The van der Waals surface area contributed by atoms with Crippen molar-refractivity contribution in [3.8, 4) is 5.75 Å². The largest absolute Gasteiger partial charge is 0.495 e. The number of rotatable bonds is 3. The average molecular weight is 295 g/mol. The highest BCUT2D eigenvalue weighted by Crippen LogP contribution is 2.28. The molecule has 0 unspecified atom stereocenters. The van der Waals surface area contributed by atoms with Crippen molar-refractivity contribution in [1.82, 2.24) is 0 Å². The Morgan fingerprint density at radius 3 is 2.80 bits per heavy atom. The van der Waals surface area contributed by atoms with Gasteiger partial charge >= 0.3 is 0 Å². The Hall–Kier alpha value is -2.27. The van der Waals surface area contributed by atoms with Crippen LogP contribution in [0.15, 0.2) is 36.4 Å². The number of nitrogen functional groups attached to an aromatic ring is 1. The third-order valence-corrected chi connectivity index (χ3v) is 2.94. The third-order valence-electron chi connectivity index (χ3n) is 2.71. The topological polar surface area (TPSA) is 64.3 Å². The van der Waals surface area contributed by atoms with Gasteiger partial charge in [0.1, 0.15) is 11.6 Å². The van der Waals surface area contributed by atoms with Crippen LogP contribution in [-0.2, 0) is 0 Å². The average Bonchev–Trinajstić information content (AvgIpc) is 2.42. The number of anilines is 2. The number of nitrogens with two attached hydrogens (primary N) is 1. The van der Waals surface area contributed by atoms with Crippen molar-refractivity contribution in [3.05, 3.63) is 52.8 Å². The van der Waals surface area contributed by atoms with Crippen LogP contribution in [0.5, 0.6) is 5.75 Å². The summed E-state index contributed by atoms with van der Waals surface area (Å²) in [6, 6.07) is 8.82. The second-order valence-corrected chi connectivity index (χ2v) is 4.44. The number of halogens is 2. The Labute approximate surface area is 120 Å². The molecular weight excluding hydrogens is 283 g/mol. The lowest BCUT2D eigenvalue weighted by atomic mass is 10.1. The second kappa shape index (κ2) is 5.79. The molecule has 3 N–H and O–H groups in total. The Balaban J connectivity index is 2.32. The molecule has 0 aliphatic rings. The summed E-state index contributed by atoms with van der Waals surface area (Å²) in [7, 11) is 1.47. The number of carbonyl (C=O) groups excluding carboxylic acids is 1. The molecule has 2 aromatic carbocycles. The van der Waals surface area contributed by atoms with E-state index in [2.05, 4.69) is 5.32 Å². The minimum atomic E-state index is -0.643. The van der Waals surface area contributed by atoms with Crippen LogP contribution >= 0.6 is 11.6 Å². The standard InChI is InChI=1S/C14H12ClFN2O2/c1-20-12-6-5-8(15)7-11(12)18-14(19)9-3-2-4-10(16)13(9)17/h2-7H,17H2,1H3,(H,18,19). The van der Waals surface area contributed by atoms with Crippen LogP contribution in [0.1, 0.15) is 10.4 Å². The van der Waals surface area contributed by atoms with Gasteiger partial charge in [0.2, 0.25) is 0 Å². The van der Waals surface area contributed by atoms with Crippen molar-refractivity contribution in [2.45, 2.75) is 0 Å². The smallest absolute Gasteiger partial charge is 0.257 e. The number of hydrogen-bond acceptors (Lipinski definition) is 3. The highest BCUT2D eigenvalue weighted by atomic mass is 35.5. The summed E-state index contributed by atoms with van der Waals surface area (Å²) in [5.74, 6) is -0.740. The molecule has 1 amide bonds. The van der Waals surface area contributed by atoms with E-state index in [9.17, 15) is 9.18 Å². The number of carbonyl (C=O) groups is 1. The van der Waals surface area contributed by atoms with Gasteiger partial charge in [0, 0.05) is 5.02 Å². The van der Waals surface area contributed by atoms with Gasteiger partial charge in [0.15, 0.2) is 0 Å². The predicted octanol–water partition coefficient (Wildman–Crippen LogP) is 3.32. The minimum absolute atomic E-state index is 0.0482. The van der Waals surface area contributed by atoms with Gasteiger partial charge in [-0.05, 0) is 30.3 Å². The number of nitrogens with one attached hydrogen (secondary N) is 1. The van der Waals surface area contributed by atoms with E-state index in [1.165, 1.54) is 31.4 Å². The molecule has 2 rings (SSSR count). The predicted molar refractivity (Wildman–Crippen MR) is 76.8 cm³/mol. The first-order valence-corrected chi connectivity index (χ1v) is 6.09. The van der Waals surface area contributed by atoms with E-state index in [1.54, 1.807) is 12.1 Å². The highest BCUT2D eigenvalue weighted by Gasteiger charge is 2.14. The van der Waals surface area contributed by atoms with E-state index in [0.29, 0.717) is 16.5 Å². The number of para-hydroxylation sites is 1. The van der Waals surface area contributed by atoms with E-state index in [-0.39, 0.29) is 11.3 Å². The Morgan fingerprint density at radius 1 is 1.35 bits per heavy atom. The van der Waals surface area contributed by atoms with Gasteiger partial charge in [-0.25, -0.2) is 4.39 Å². The summed E-state index contributed by atoms with van der Waals surface area (Å²) >= 11 is 5.87. The Bertz CT molecular complexity index is 662. The maximum atomic E-state index is 13.3.